The summed E-state index contributed by atoms with van der Waals surface area (Å²) in [5, 5.41) is 0. The van der Waals surface area contributed by atoms with Crippen molar-refractivity contribution in [3.8, 4) is 23.0 Å². The molecule has 4 N–H and O–H groups in total. The van der Waals surface area contributed by atoms with Crippen molar-refractivity contribution >= 4 is 35.5 Å². The maximum atomic E-state index is 15.2. The second-order valence-electron chi connectivity index (χ2n) is 17.8. The minimum atomic E-state index is -4.32. The van der Waals surface area contributed by atoms with Gasteiger partial charge in [-0.3, -0.25) is 0 Å². The Kier molecular flexibility index (Phi) is 19.7. The van der Waals surface area contributed by atoms with Crippen molar-refractivity contribution in [1.82, 2.24) is 0 Å². The Labute approximate surface area is 436 Å². The molecule has 0 saturated carbocycles. The predicted molar refractivity (Wildman–Crippen MR) is 268 cm³/mol. The number of halogens is 10. The van der Waals surface area contributed by atoms with Crippen LogP contribution >= 0.6 is 0 Å². The van der Waals surface area contributed by atoms with Crippen molar-refractivity contribution in [2.75, 3.05) is 37.9 Å². The van der Waals surface area contributed by atoms with Crippen LogP contribution in [-0.4, -0.2) is 50.7 Å². The molecule has 0 aromatic heterocycles. The van der Waals surface area contributed by atoms with Gasteiger partial charge in [0.15, 0.2) is 0 Å². The third-order valence-corrected chi connectivity index (χ3v) is 11.4. The highest BCUT2D eigenvalue weighted by Crippen LogP contribution is 2.36. The Morgan fingerprint density at radius 2 is 0.753 bits per heavy atom. The Morgan fingerprint density at radius 1 is 0.429 bits per heavy atom. The molecule has 0 aliphatic carbocycles. The SMILES string of the molecule is Nc1ccc(CC(COC(=O)/C=C/c2ccc(C(F)(F)Oc3ccc(OCCCC(F)(F)F)cc3)cc2)(COC(=O)/C=C/c2ccc(C(F)(F)Oc3ccc(OCCCC(F)(F)F)cc3)cc2)Cc2ccc(N)cc2)cc1. The van der Waals surface area contributed by atoms with Gasteiger partial charge in [0, 0.05) is 41.8 Å². The second-order valence-corrected chi connectivity index (χ2v) is 17.8. The number of carbonyl (C=O) groups is 2. The average molecular weight is 1080 g/mol. The number of rotatable bonds is 26. The first-order valence-corrected chi connectivity index (χ1v) is 23.7. The summed E-state index contributed by atoms with van der Waals surface area (Å²) in [5.74, 6) is -1.74. The first-order valence-electron chi connectivity index (χ1n) is 23.7. The van der Waals surface area contributed by atoms with Crippen molar-refractivity contribution < 1.29 is 81.9 Å². The molecule has 77 heavy (non-hydrogen) atoms. The van der Waals surface area contributed by atoms with Crippen LogP contribution in [0.3, 0.4) is 0 Å². The Morgan fingerprint density at radius 3 is 1.08 bits per heavy atom. The molecule has 0 spiro atoms. The van der Waals surface area contributed by atoms with E-state index in [0.29, 0.717) is 22.5 Å². The van der Waals surface area contributed by atoms with Crippen LogP contribution in [0.4, 0.5) is 55.3 Å². The highest BCUT2D eigenvalue weighted by molar-refractivity contribution is 5.87. The molecule has 6 aromatic carbocycles. The van der Waals surface area contributed by atoms with Crippen LogP contribution in [0.15, 0.2) is 158 Å². The number of nitrogen functional groups attached to an aromatic ring is 2. The summed E-state index contributed by atoms with van der Waals surface area (Å²) in [6.45, 7) is -1.03. The van der Waals surface area contributed by atoms with E-state index in [9.17, 15) is 35.9 Å². The van der Waals surface area contributed by atoms with Crippen molar-refractivity contribution in [3.05, 3.63) is 191 Å². The summed E-state index contributed by atoms with van der Waals surface area (Å²) in [7, 11) is 0. The minimum Gasteiger partial charge on any atom is -0.494 e. The highest BCUT2D eigenvalue weighted by Gasteiger charge is 2.37. The average Bonchev–Trinajstić information content (AvgIpc) is 3.38. The maximum absolute atomic E-state index is 15.2. The molecule has 0 heterocycles. The number of hydrogen-bond donors (Lipinski definition) is 2. The number of hydrogen-bond acceptors (Lipinski definition) is 10. The highest BCUT2D eigenvalue weighted by atomic mass is 19.4. The third-order valence-electron chi connectivity index (χ3n) is 11.4. The molecule has 0 amide bonds. The zero-order valence-electron chi connectivity index (χ0n) is 40.9. The molecule has 0 radical (unpaired) electrons. The van der Waals surface area contributed by atoms with Gasteiger partial charge < -0.3 is 39.9 Å². The van der Waals surface area contributed by atoms with Crippen LogP contribution in [-0.2, 0) is 44.1 Å². The van der Waals surface area contributed by atoms with E-state index in [4.69, 9.17) is 39.9 Å². The lowest BCUT2D eigenvalue weighted by atomic mass is 9.77. The molecule has 0 atom stereocenters. The Bertz CT molecular complexity index is 2680. The van der Waals surface area contributed by atoms with Crippen LogP contribution in [0.2, 0.25) is 0 Å². The fraction of sp³-hybridized carbons (Fsp3) is 0.263. The van der Waals surface area contributed by atoms with E-state index in [0.717, 1.165) is 47.5 Å². The number of carbonyl (C=O) groups excluding carboxylic acids is 2. The largest absolute Gasteiger partial charge is 0.494 e. The van der Waals surface area contributed by atoms with Gasteiger partial charge in [0.2, 0.25) is 0 Å². The number of alkyl halides is 10. The van der Waals surface area contributed by atoms with Crippen molar-refractivity contribution in [2.24, 2.45) is 5.41 Å². The molecule has 0 aliphatic heterocycles. The van der Waals surface area contributed by atoms with Gasteiger partial charge in [0.25, 0.3) is 0 Å². The summed E-state index contributed by atoms with van der Waals surface area (Å²) in [4.78, 5) is 26.7. The first-order chi connectivity index (χ1) is 36.4. The lowest BCUT2D eigenvalue weighted by Crippen LogP contribution is -2.38. The molecule has 0 aliphatic rings. The quantitative estimate of drug-likeness (QED) is 0.0177. The van der Waals surface area contributed by atoms with E-state index in [-0.39, 0.29) is 75.1 Å². The van der Waals surface area contributed by atoms with Crippen LogP contribution in [0.1, 0.15) is 59.1 Å². The van der Waals surface area contributed by atoms with Crippen LogP contribution in [0.25, 0.3) is 12.2 Å². The zero-order chi connectivity index (χ0) is 55.7. The molecule has 0 fully saturated rings. The lowest BCUT2D eigenvalue weighted by molar-refractivity contribution is -0.186. The lowest BCUT2D eigenvalue weighted by Gasteiger charge is -2.33. The van der Waals surface area contributed by atoms with Crippen molar-refractivity contribution in [1.29, 1.82) is 0 Å². The molecule has 0 saturated heterocycles. The van der Waals surface area contributed by atoms with Gasteiger partial charge in [-0.1, -0.05) is 48.5 Å². The van der Waals surface area contributed by atoms with Crippen molar-refractivity contribution in [3.63, 3.8) is 0 Å². The fourth-order valence-electron chi connectivity index (χ4n) is 7.44. The van der Waals surface area contributed by atoms with Crippen molar-refractivity contribution in [2.45, 2.75) is 63.1 Å². The molecule has 20 heteroatoms. The zero-order valence-corrected chi connectivity index (χ0v) is 40.9. The summed E-state index contributed by atoms with van der Waals surface area (Å²) in [6, 6.07) is 33.4. The molecular weight excluding hydrogens is 1030 g/mol. The van der Waals surface area contributed by atoms with Gasteiger partial charge in [-0.15, -0.1) is 0 Å². The van der Waals surface area contributed by atoms with E-state index in [1.807, 2.05) is 0 Å². The Hall–Kier alpha value is -8.16. The van der Waals surface area contributed by atoms with Gasteiger partial charge in [-0.2, -0.15) is 43.9 Å². The van der Waals surface area contributed by atoms with Gasteiger partial charge in [0.1, 0.15) is 36.2 Å². The topological polar surface area (TPSA) is 142 Å². The first kappa shape index (κ1) is 58.1. The van der Waals surface area contributed by atoms with Gasteiger partial charge in [-0.25, -0.2) is 9.59 Å². The number of nitrogens with two attached hydrogens (primary N) is 2. The van der Waals surface area contributed by atoms with Gasteiger partial charge in [0.05, 0.1) is 24.3 Å². The number of esters is 2. The standard InChI is InChI=1S/C57H52F10N2O8/c58-54(59,60)31-1-33-72-47-21-25-49(26-22-47)76-56(64,65)43-13-3-39(4-14-43)11-29-51(70)74-37-53(35-41-7-17-45(68)18-8-41,36-42-9-19-46(69)20-10-42)38-75-52(71)30-12-40-5-15-44(16-6-40)57(66,67)77-50-27-23-48(24-28-50)73-34-2-32-55(61,62)63/h3-30H,1-2,31-38,68-69H2/b29-11+,30-12+. The smallest absolute Gasteiger partial charge is 0.426 e. The normalized spacial score (nSPS) is 12.4. The number of ether oxygens (including phenoxy) is 6. The second kappa shape index (κ2) is 26.1. The van der Waals surface area contributed by atoms with Gasteiger partial charge >= 0.3 is 36.5 Å². The van der Waals surface area contributed by atoms with E-state index in [1.165, 1.54) is 84.9 Å². The van der Waals surface area contributed by atoms with E-state index in [2.05, 4.69) is 0 Å². The van der Waals surface area contributed by atoms with Crippen LogP contribution < -0.4 is 30.4 Å². The molecule has 10 nitrogen and oxygen atoms in total. The predicted octanol–water partition coefficient (Wildman–Crippen LogP) is 13.8. The van der Waals surface area contributed by atoms with Crippen LogP contribution in [0, 0.1) is 5.41 Å². The Balaban J connectivity index is 1.08. The van der Waals surface area contributed by atoms with Crippen LogP contribution in [0.5, 0.6) is 23.0 Å². The molecular formula is C57H52F10N2O8. The molecule has 0 unspecified atom stereocenters. The fourth-order valence-corrected chi connectivity index (χ4v) is 7.44. The molecule has 408 valence electrons. The summed E-state index contributed by atoms with van der Waals surface area (Å²) < 4.78 is 167. The number of benzene rings is 6. The molecule has 0 bridgehead atoms. The monoisotopic (exact) mass is 1080 g/mol. The van der Waals surface area contributed by atoms with E-state index < -0.39 is 65.9 Å². The summed E-state index contributed by atoms with van der Waals surface area (Å²) in [6.07, 6.45) is -13.5. The van der Waals surface area contributed by atoms with Gasteiger partial charge in [-0.05, 0) is 157 Å². The molecule has 6 rings (SSSR count). The third kappa shape index (κ3) is 19.8. The number of anilines is 2. The summed E-state index contributed by atoms with van der Waals surface area (Å²) in [5.41, 5.74) is 12.9. The maximum Gasteiger partial charge on any atom is 0.426 e. The van der Waals surface area contributed by atoms with E-state index in [1.54, 1.807) is 48.5 Å². The molecule has 6 aromatic rings. The summed E-state index contributed by atoms with van der Waals surface area (Å²) >= 11 is 0. The van der Waals surface area contributed by atoms with E-state index >= 15 is 17.6 Å². The minimum absolute atomic E-state index is 0.175.